The third kappa shape index (κ3) is 1.46. The monoisotopic (exact) mass is 329 g/mol. The molecule has 3 heteroatoms. The highest BCUT2D eigenvalue weighted by molar-refractivity contribution is 14.1. The third-order valence-corrected chi connectivity index (χ3v) is 4.23. The lowest BCUT2D eigenvalue weighted by atomic mass is 10.1. The van der Waals surface area contributed by atoms with Gasteiger partial charge >= 0.3 is 0 Å². The molecule has 1 nitrogen and oxygen atoms in total. The predicted molar refractivity (Wildman–Crippen MR) is 71.5 cm³/mol. The first-order valence-corrected chi connectivity index (χ1v) is 6.48. The highest BCUT2D eigenvalue weighted by Crippen LogP contribution is 2.34. The maximum Gasteiger partial charge on any atom is 0.0853 e. The maximum absolute atomic E-state index is 6.42. The van der Waals surface area contributed by atoms with Gasteiger partial charge in [-0.3, -0.25) is 4.98 Å². The van der Waals surface area contributed by atoms with Crippen molar-refractivity contribution in [3.05, 3.63) is 38.0 Å². The minimum atomic E-state index is 0.922. The topological polar surface area (TPSA) is 12.9 Å². The zero-order valence-corrected chi connectivity index (χ0v) is 11.0. The van der Waals surface area contributed by atoms with Crippen LogP contribution in [0.25, 0.3) is 10.9 Å². The van der Waals surface area contributed by atoms with E-state index >= 15 is 0 Å². The first-order valence-electron chi connectivity index (χ1n) is 5.03. The molecule has 0 unspecified atom stereocenters. The molecule has 0 fully saturated rings. The summed E-state index contributed by atoms with van der Waals surface area (Å²) in [6.45, 7) is 0. The standard InChI is InChI=1S/C12H9ClIN/c13-11-7-3-2-6-10(7)15-12-8(11)4-1-5-9(12)14/h1,4-5H,2-3,6H2. The van der Waals surface area contributed by atoms with E-state index in [0.717, 1.165) is 28.8 Å². The van der Waals surface area contributed by atoms with Gasteiger partial charge in [-0.25, -0.2) is 0 Å². The van der Waals surface area contributed by atoms with E-state index in [1.54, 1.807) is 0 Å². The van der Waals surface area contributed by atoms with Crippen LogP contribution in [0.15, 0.2) is 18.2 Å². The van der Waals surface area contributed by atoms with Crippen molar-refractivity contribution in [3.63, 3.8) is 0 Å². The number of aromatic nitrogens is 1. The SMILES string of the molecule is Clc1c2c(nc3c(I)cccc13)CCC2. The second kappa shape index (κ2) is 3.59. The Labute approximate surface area is 107 Å². The minimum Gasteiger partial charge on any atom is -0.251 e. The van der Waals surface area contributed by atoms with Crippen molar-refractivity contribution in [3.8, 4) is 0 Å². The molecule has 0 aliphatic heterocycles. The lowest BCUT2D eigenvalue weighted by molar-refractivity contribution is 0.901. The molecule has 0 saturated heterocycles. The summed E-state index contributed by atoms with van der Waals surface area (Å²) in [5, 5.41) is 2.02. The molecule has 76 valence electrons. The number of halogens is 2. The molecule has 0 spiro atoms. The molecule has 3 rings (SSSR count). The van der Waals surface area contributed by atoms with Crippen molar-refractivity contribution in [1.82, 2.24) is 4.98 Å². The van der Waals surface area contributed by atoms with E-state index in [9.17, 15) is 0 Å². The number of pyridine rings is 1. The molecule has 2 aromatic rings. The molecule has 1 aromatic carbocycles. The van der Waals surface area contributed by atoms with Gasteiger partial charge in [-0.15, -0.1) is 0 Å². The fourth-order valence-electron chi connectivity index (χ4n) is 2.19. The normalized spacial score (nSPS) is 14.5. The van der Waals surface area contributed by atoms with Crippen molar-refractivity contribution in [2.45, 2.75) is 19.3 Å². The molecule has 0 amide bonds. The maximum atomic E-state index is 6.42. The highest BCUT2D eigenvalue weighted by Gasteiger charge is 2.18. The van der Waals surface area contributed by atoms with Gasteiger partial charge in [0.1, 0.15) is 0 Å². The lowest BCUT2D eigenvalue weighted by Crippen LogP contribution is -1.93. The summed E-state index contributed by atoms with van der Waals surface area (Å²) in [7, 11) is 0. The van der Waals surface area contributed by atoms with Gasteiger partial charge in [0.15, 0.2) is 0 Å². The van der Waals surface area contributed by atoms with Crippen LogP contribution < -0.4 is 0 Å². The predicted octanol–water partition coefficient (Wildman–Crippen LogP) is 3.98. The number of nitrogens with zero attached hydrogens (tertiary/aromatic N) is 1. The highest BCUT2D eigenvalue weighted by atomic mass is 127. The van der Waals surface area contributed by atoms with Crippen molar-refractivity contribution < 1.29 is 0 Å². The summed E-state index contributed by atoms with van der Waals surface area (Å²) in [5.41, 5.74) is 3.53. The van der Waals surface area contributed by atoms with Gasteiger partial charge in [-0.1, -0.05) is 23.7 Å². The number of benzene rings is 1. The molecule has 1 aliphatic carbocycles. The van der Waals surface area contributed by atoms with Crippen LogP contribution in [0.3, 0.4) is 0 Å². The minimum absolute atomic E-state index is 0.922. The van der Waals surface area contributed by atoms with Crippen LogP contribution in [-0.2, 0) is 12.8 Å². The molecule has 15 heavy (non-hydrogen) atoms. The Bertz CT molecular complexity index is 551. The smallest absolute Gasteiger partial charge is 0.0853 e. The van der Waals surface area contributed by atoms with Gasteiger partial charge in [0.05, 0.1) is 10.5 Å². The van der Waals surface area contributed by atoms with E-state index in [0.29, 0.717) is 0 Å². The van der Waals surface area contributed by atoms with Gasteiger partial charge in [0.25, 0.3) is 0 Å². The zero-order chi connectivity index (χ0) is 10.4. The van der Waals surface area contributed by atoms with Crippen LogP contribution in [-0.4, -0.2) is 4.98 Å². The summed E-state index contributed by atoms with van der Waals surface area (Å²) in [6.07, 6.45) is 3.35. The Morgan fingerprint density at radius 1 is 1.27 bits per heavy atom. The van der Waals surface area contributed by atoms with Gasteiger partial charge in [-0.2, -0.15) is 0 Å². The summed E-state index contributed by atoms with van der Waals surface area (Å²) >= 11 is 8.73. The molecular weight excluding hydrogens is 320 g/mol. The number of hydrogen-bond acceptors (Lipinski definition) is 1. The van der Waals surface area contributed by atoms with Crippen LogP contribution >= 0.6 is 34.2 Å². The van der Waals surface area contributed by atoms with E-state index in [1.165, 1.54) is 21.2 Å². The van der Waals surface area contributed by atoms with Crippen molar-refractivity contribution in [2.24, 2.45) is 0 Å². The average molecular weight is 330 g/mol. The summed E-state index contributed by atoms with van der Waals surface area (Å²) in [6, 6.07) is 6.18. The first kappa shape index (κ1) is 9.85. The van der Waals surface area contributed by atoms with Crippen LogP contribution in [0.1, 0.15) is 17.7 Å². The summed E-state index contributed by atoms with van der Waals surface area (Å²) in [4.78, 5) is 4.72. The lowest BCUT2D eigenvalue weighted by Gasteiger charge is -2.07. The third-order valence-electron chi connectivity index (χ3n) is 2.92. The number of fused-ring (bicyclic) bond motifs is 2. The van der Waals surface area contributed by atoms with Crippen LogP contribution in [0.2, 0.25) is 5.02 Å². The van der Waals surface area contributed by atoms with E-state index in [-0.39, 0.29) is 0 Å². The van der Waals surface area contributed by atoms with Gasteiger partial charge in [0.2, 0.25) is 0 Å². The van der Waals surface area contributed by atoms with Crippen LogP contribution in [0, 0.1) is 3.57 Å². The molecule has 0 radical (unpaired) electrons. The van der Waals surface area contributed by atoms with E-state index in [2.05, 4.69) is 34.7 Å². The van der Waals surface area contributed by atoms with Crippen molar-refractivity contribution >= 4 is 45.1 Å². The molecule has 0 bridgehead atoms. The Hall–Kier alpha value is -0.350. The first-order chi connectivity index (χ1) is 7.27. The second-order valence-corrected chi connectivity index (χ2v) is 5.38. The van der Waals surface area contributed by atoms with E-state index in [4.69, 9.17) is 16.6 Å². The molecule has 1 heterocycles. The van der Waals surface area contributed by atoms with Crippen LogP contribution in [0.4, 0.5) is 0 Å². The van der Waals surface area contributed by atoms with Gasteiger partial charge in [0, 0.05) is 14.7 Å². The molecule has 1 aliphatic rings. The van der Waals surface area contributed by atoms with E-state index < -0.39 is 0 Å². The number of hydrogen-bond donors (Lipinski definition) is 0. The Kier molecular flexibility index (Phi) is 2.36. The quantitative estimate of drug-likeness (QED) is 0.666. The second-order valence-electron chi connectivity index (χ2n) is 3.84. The van der Waals surface area contributed by atoms with E-state index in [1.807, 2.05) is 6.07 Å². The Morgan fingerprint density at radius 2 is 2.13 bits per heavy atom. The number of rotatable bonds is 0. The Balaban J connectivity index is 2.46. The molecule has 0 atom stereocenters. The zero-order valence-electron chi connectivity index (χ0n) is 8.06. The van der Waals surface area contributed by atoms with Gasteiger partial charge < -0.3 is 0 Å². The largest absolute Gasteiger partial charge is 0.251 e. The molecule has 0 N–H and O–H groups in total. The van der Waals surface area contributed by atoms with Crippen LogP contribution in [0.5, 0.6) is 0 Å². The fraction of sp³-hybridized carbons (Fsp3) is 0.250. The summed E-state index contributed by atoms with van der Waals surface area (Å²) < 4.78 is 1.18. The Morgan fingerprint density at radius 3 is 3.00 bits per heavy atom. The summed E-state index contributed by atoms with van der Waals surface area (Å²) in [5.74, 6) is 0. The van der Waals surface area contributed by atoms with Gasteiger partial charge in [-0.05, 0) is 53.5 Å². The van der Waals surface area contributed by atoms with Crippen molar-refractivity contribution in [1.29, 1.82) is 0 Å². The molecule has 1 aromatic heterocycles. The average Bonchev–Trinajstić information content (AvgIpc) is 2.68. The number of aryl methyl sites for hydroxylation is 1. The molecule has 0 saturated carbocycles. The fourth-order valence-corrected chi connectivity index (χ4v) is 3.17. The molecular formula is C12H9ClIN. The number of para-hydroxylation sites is 1. The van der Waals surface area contributed by atoms with Crippen molar-refractivity contribution in [2.75, 3.05) is 0 Å².